The van der Waals surface area contributed by atoms with Gasteiger partial charge < -0.3 is 4.90 Å². The first kappa shape index (κ1) is 14.4. The van der Waals surface area contributed by atoms with E-state index in [9.17, 15) is 0 Å². The SMILES string of the molecule is SCCCCCCCCCN1CCCCC1. The van der Waals surface area contributed by atoms with Crippen molar-refractivity contribution in [1.29, 1.82) is 0 Å². The molecule has 1 fully saturated rings. The van der Waals surface area contributed by atoms with E-state index < -0.39 is 0 Å². The monoisotopic (exact) mass is 243 g/mol. The number of nitrogens with zero attached hydrogens (tertiary/aromatic N) is 1. The molecule has 96 valence electrons. The van der Waals surface area contributed by atoms with E-state index in [1.807, 2.05) is 0 Å². The summed E-state index contributed by atoms with van der Waals surface area (Å²) in [5.74, 6) is 1.06. The van der Waals surface area contributed by atoms with E-state index in [-0.39, 0.29) is 0 Å². The highest BCUT2D eigenvalue weighted by Crippen LogP contribution is 2.11. The van der Waals surface area contributed by atoms with Crippen molar-refractivity contribution >= 4 is 12.6 Å². The van der Waals surface area contributed by atoms with Crippen LogP contribution in [0.5, 0.6) is 0 Å². The van der Waals surface area contributed by atoms with E-state index in [1.54, 1.807) is 0 Å². The maximum atomic E-state index is 4.23. The summed E-state index contributed by atoms with van der Waals surface area (Å²) < 4.78 is 0. The predicted octanol–water partition coefficient (Wildman–Crippen LogP) is 4.13. The molecule has 1 saturated heterocycles. The van der Waals surface area contributed by atoms with E-state index in [2.05, 4.69) is 17.5 Å². The van der Waals surface area contributed by atoms with Crippen LogP contribution in [0.1, 0.15) is 64.2 Å². The summed E-state index contributed by atoms with van der Waals surface area (Å²) in [6.45, 7) is 4.08. The van der Waals surface area contributed by atoms with Gasteiger partial charge in [-0.3, -0.25) is 0 Å². The Labute approximate surface area is 107 Å². The first-order valence-electron chi connectivity index (χ1n) is 7.26. The fourth-order valence-corrected chi connectivity index (χ4v) is 2.74. The van der Waals surface area contributed by atoms with Gasteiger partial charge in [0.05, 0.1) is 0 Å². The number of thiol groups is 1. The van der Waals surface area contributed by atoms with Crippen LogP contribution in [0, 0.1) is 0 Å². The number of piperidine rings is 1. The van der Waals surface area contributed by atoms with Gasteiger partial charge in [-0.25, -0.2) is 0 Å². The summed E-state index contributed by atoms with van der Waals surface area (Å²) in [7, 11) is 0. The molecule has 2 heteroatoms. The lowest BCUT2D eigenvalue weighted by atomic mass is 10.1. The summed E-state index contributed by atoms with van der Waals surface area (Å²) >= 11 is 4.23. The Bertz CT molecular complexity index is 144. The predicted molar refractivity (Wildman–Crippen MR) is 76.5 cm³/mol. The molecule has 1 heterocycles. The maximum Gasteiger partial charge on any atom is -0.00187 e. The molecule has 0 unspecified atom stereocenters. The van der Waals surface area contributed by atoms with E-state index in [0.717, 1.165) is 5.75 Å². The van der Waals surface area contributed by atoms with Gasteiger partial charge in [-0.1, -0.05) is 38.5 Å². The van der Waals surface area contributed by atoms with Crippen molar-refractivity contribution in [3.63, 3.8) is 0 Å². The van der Waals surface area contributed by atoms with E-state index >= 15 is 0 Å². The van der Waals surface area contributed by atoms with Crippen LogP contribution < -0.4 is 0 Å². The van der Waals surface area contributed by atoms with Crippen molar-refractivity contribution < 1.29 is 0 Å². The third-order valence-corrected chi connectivity index (χ3v) is 3.90. The van der Waals surface area contributed by atoms with Gasteiger partial charge in [0.2, 0.25) is 0 Å². The Balaban J connectivity index is 1.77. The molecule has 0 aromatic rings. The summed E-state index contributed by atoms with van der Waals surface area (Å²) in [4.78, 5) is 2.66. The number of rotatable bonds is 9. The molecule has 1 rings (SSSR count). The Kier molecular flexibility index (Phi) is 9.40. The van der Waals surface area contributed by atoms with Crippen molar-refractivity contribution in [2.75, 3.05) is 25.4 Å². The molecular weight excluding hydrogens is 214 g/mol. The molecule has 1 nitrogen and oxygen atoms in total. The molecule has 0 atom stereocenters. The molecule has 0 saturated carbocycles. The molecule has 0 aromatic heterocycles. The number of unbranched alkanes of at least 4 members (excludes halogenated alkanes) is 6. The number of hydrogen-bond donors (Lipinski definition) is 1. The normalized spacial score (nSPS) is 17.8. The fraction of sp³-hybridized carbons (Fsp3) is 1.00. The van der Waals surface area contributed by atoms with Crippen LogP contribution in [-0.2, 0) is 0 Å². The first-order chi connectivity index (χ1) is 7.93. The molecule has 0 spiro atoms. The second-order valence-corrected chi connectivity index (χ2v) is 5.55. The van der Waals surface area contributed by atoms with Gasteiger partial charge in [-0.05, 0) is 51.1 Å². The third-order valence-electron chi connectivity index (χ3n) is 3.58. The van der Waals surface area contributed by atoms with E-state index in [4.69, 9.17) is 0 Å². The quantitative estimate of drug-likeness (QED) is 0.471. The van der Waals surface area contributed by atoms with Crippen LogP contribution >= 0.6 is 12.6 Å². The van der Waals surface area contributed by atoms with Crippen LogP contribution in [0.2, 0.25) is 0 Å². The molecular formula is C14H29NS. The Hall–Kier alpha value is 0.310. The summed E-state index contributed by atoms with van der Waals surface area (Å²) in [5.41, 5.74) is 0. The fourth-order valence-electron chi connectivity index (χ4n) is 2.51. The number of likely N-dealkylation sites (tertiary alicyclic amines) is 1. The Morgan fingerprint density at radius 2 is 1.25 bits per heavy atom. The van der Waals surface area contributed by atoms with Gasteiger partial charge in [-0.15, -0.1) is 0 Å². The Morgan fingerprint density at radius 1 is 0.688 bits per heavy atom. The zero-order chi connectivity index (χ0) is 11.5. The molecule has 0 aliphatic carbocycles. The topological polar surface area (TPSA) is 3.24 Å². The highest BCUT2D eigenvalue weighted by molar-refractivity contribution is 7.80. The lowest BCUT2D eigenvalue weighted by Gasteiger charge is -2.26. The van der Waals surface area contributed by atoms with Gasteiger partial charge in [0.25, 0.3) is 0 Å². The zero-order valence-electron chi connectivity index (χ0n) is 10.8. The average molecular weight is 243 g/mol. The maximum absolute atomic E-state index is 4.23. The standard InChI is InChI=1S/C14H29NS/c16-14-10-5-3-1-2-4-7-11-15-12-8-6-9-13-15/h16H,1-14H2. The van der Waals surface area contributed by atoms with Crippen LogP contribution in [0.3, 0.4) is 0 Å². The zero-order valence-corrected chi connectivity index (χ0v) is 11.7. The molecule has 0 aromatic carbocycles. The van der Waals surface area contributed by atoms with E-state index in [0.29, 0.717) is 0 Å². The molecule has 1 aliphatic rings. The van der Waals surface area contributed by atoms with Crippen LogP contribution in [0.25, 0.3) is 0 Å². The molecule has 0 N–H and O–H groups in total. The van der Waals surface area contributed by atoms with Crippen molar-refractivity contribution in [3.8, 4) is 0 Å². The van der Waals surface area contributed by atoms with Gasteiger partial charge >= 0.3 is 0 Å². The molecule has 0 bridgehead atoms. The third kappa shape index (κ3) is 7.56. The van der Waals surface area contributed by atoms with Crippen LogP contribution in [0.15, 0.2) is 0 Å². The minimum absolute atomic E-state index is 1.06. The largest absolute Gasteiger partial charge is 0.303 e. The lowest BCUT2D eigenvalue weighted by molar-refractivity contribution is 0.224. The lowest BCUT2D eigenvalue weighted by Crippen LogP contribution is -2.30. The van der Waals surface area contributed by atoms with E-state index in [1.165, 1.54) is 83.8 Å². The Morgan fingerprint density at radius 3 is 1.88 bits per heavy atom. The van der Waals surface area contributed by atoms with Crippen molar-refractivity contribution in [3.05, 3.63) is 0 Å². The first-order valence-corrected chi connectivity index (χ1v) is 7.90. The van der Waals surface area contributed by atoms with Crippen LogP contribution in [-0.4, -0.2) is 30.3 Å². The second kappa shape index (κ2) is 10.5. The van der Waals surface area contributed by atoms with Gasteiger partial charge in [0, 0.05) is 0 Å². The minimum atomic E-state index is 1.06. The van der Waals surface area contributed by atoms with Crippen molar-refractivity contribution in [2.45, 2.75) is 64.2 Å². The molecule has 0 amide bonds. The highest BCUT2D eigenvalue weighted by Gasteiger charge is 2.08. The second-order valence-electron chi connectivity index (χ2n) is 5.10. The minimum Gasteiger partial charge on any atom is -0.303 e. The summed E-state index contributed by atoms with van der Waals surface area (Å²) in [6.07, 6.45) is 14.2. The smallest absolute Gasteiger partial charge is 0.00187 e. The van der Waals surface area contributed by atoms with Crippen LogP contribution in [0.4, 0.5) is 0 Å². The van der Waals surface area contributed by atoms with Gasteiger partial charge in [0.15, 0.2) is 0 Å². The molecule has 16 heavy (non-hydrogen) atoms. The molecule has 0 radical (unpaired) electrons. The molecule has 1 aliphatic heterocycles. The van der Waals surface area contributed by atoms with Gasteiger partial charge in [0.1, 0.15) is 0 Å². The van der Waals surface area contributed by atoms with Crippen molar-refractivity contribution in [1.82, 2.24) is 4.90 Å². The van der Waals surface area contributed by atoms with Crippen molar-refractivity contribution in [2.24, 2.45) is 0 Å². The average Bonchev–Trinajstić information content (AvgIpc) is 2.34. The highest BCUT2D eigenvalue weighted by atomic mass is 32.1. The van der Waals surface area contributed by atoms with Gasteiger partial charge in [-0.2, -0.15) is 12.6 Å². The number of hydrogen-bond acceptors (Lipinski definition) is 2. The summed E-state index contributed by atoms with van der Waals surface area (Å²) in [6, 6.07) is 0. The summed E-state index contributed by atoms with van der Waals surface area (Å²) in [5, 5.41) is 0.